The highest BCUT2D eigenvalue weighted by Crippen LogP contribution is 2.34. The van der Waals surface area contributed by atoms with Crippen LogP contribution < -0.4 is 0 Å². The van der Waals surface area contributed by atoms with Gasteiger partial charge in [0.2, 0.25) is 0 Å². The van der Waals surface area contributed by atoms with Crippen LogP contribution in [0.4, 0.5) is 0 Å². The molecule has 0 radical (unpaired) electrons. The summed E-state index contributed by atoms with van der Waals surface area (Å²) in [4.78, 5) is 11.9. The smallest absolute Gasteiger partial charge is 0.176 e. The molecular weight excluding hydrogens is 346 g/mol. The van der Waals surface area contributed by atoms with Gasteiger partial charge in [0.15, 0.2) is 16.1 Å². The summed E-state index contributed by atoms with van der Waals surface area (Å²) in [7, 11) is -3.46. The molecule has 1 aromatic carbocycles. The number of sulfone groups is 1. The fourth-order valence-corrected chi connectivity index (χ4v) is 3.87. The number of carbonyl (C=O) groups is 1. The third-order valence-electron chi connectivity index (χ3n) is 4.02. The van der Waals surface area contributed by atoms with Crippen LogP contribution in [0.2, 0.25) is 5.02 Å². The summed E-state index contributed by atoms with van der Waals surface area (Å²) in [6.07, 6.45) is 4.63. The van der Waals surface area contributed by atoms with Gasteiger partial charge in [-0.3, -0.25) is 4.79 Å². The number of hydrogen-bond acceptors (Lipinski definition) is 3. The maximum Gasteiger partial charge on any atom is 0.176 e. The van der Waals surface area contributed by atoms with Gasteiger partial charge >= 0.3 is 0 Å². The third-order valence-corrected chi connectivity index (χ3v) is 5.41. The molecule has 124 valence electrons. The summed E-state index contributed by atoms with van der Waals surface area (Å²) in [6, 6.07) is 10.3. The maximum atomic E-state index is 12.1. The van der Waals surface area contributed by atoms with E-state index in [1.54, 1.807) is 10.5 Å². The highest BCUT2D eigenvalue weighted by molar-refractivity contribution is 7.90. The zero-order valence-corrected chi connectivity index (χ0v) is 14.9. The molecule has 0 fully saturated rings. The molecule has 0 amide bonds. The van der Waals surface area contributed by atoms with E-state index in [2.05, 4.69) is 0 Å². The van der Waals surface area contributed by atoms with Crippen LogP contribution in [0.1, 0.15) is 23.0 Å². The second-order valence-corrected chi connectivity index (χ2v) is 8.08. The average molecular weight is 362 g/mol. The van der Waals surface area contributed by atoms with Gasteiger partial charge in [0, 0.05) is 34.1 Å². The van der Waals surface area contributed by atoms with E-state index < -0.39 is 9.84 Å². The fourth-order valence-electron chi connectivity index (χ4n) is 2.82. The van der Waals surface area contributed by atoms with E-state index >= 15 is 0 Å². The maximum absolute atomic E-state index is 12.1. The first kappa shape index (κ1) is 16.7. The predicted octanol–water partition coefficient (Wildman–Crippen LogP) is 4.04. The summed E-state index contributed by atoms with van der Waals surface area (Å²) in [5.41, 5.74) is 3.31. The van der Waals surface area contributed by atoms with Crippen LogP contribution in [0.3, 0.4) is 0 Å². The van der Waals surface area contributed by atoms with Gasteiger partial charge in [-0.15, -0.1) is 0 Å². The van der Waals surface area contributed by atoms with E-state index in [1.807, 2.05) is 31.3 Å². The number of halogens is 1. The zero-order valence-electron chi connectivity index (χ0n) is 13.3. The Morgan fingerprint density at radius 1 is 1.12 bits per heavy atom. The third kappa shape index (κ3) is 2.85. The fraction of sp³-hybridized carbons (Fsp3) is 0.167. The second kappa shape index (κ2) is 6.07. The number of aldehydes is 1. The summed E-state index contributed by atoms with van der Waals surface area (Å²) < 4.78 is 26.0. The minimum atomic E-state index is -3.46. The molecule has 0 aliphatic heterocycles. The van der Waals surface area contributed by atoms with E-state index in [4.69, 9.17) is 11.6 Å². The number of aromatic nitrogens is 1. The molecule has 6 heteroatoms. The molecule has 3 aromatic rings. The second-order valence-electron chi connectivity index (χ2n) is 5.66. The first-order valence-corrected chi connectivity index (χ1v) is 9.71. The van der Waals surface area contributed by atoms with Gasteiger partial charge in [0.1, 0.15) is 0 Å². The Morgan fingerprint density at radius 2 is 1.88 bits per heavy atom. The highest BCUT2D eigenvalue weighted by Gasteiger charge is 2.20. The lowest BCUT2D eigenvalue weighted by Gasteiger charge is -2.08. The average Bonchev–Trinajstić information content (AvgIpc) is 2.90. The molecule has 0 atom stereocenters. The standard InChI is InChI=1S/C18H16ClNO3S/c1-3-12-4-6-14-9-15(17(11-21)20(14)10-12)16-8-13(19)5-7-18(16)24(2,22)23/h4-11H,3H2,1-2H3. The molecule has 4 nitrogen and oxygen atoms in total. The van der Waals surface area contributed by atoms with Crippen LogP contribution in [-0.2, 0) is 16.3 Å². The van der Waals surface area contributed by atoms with Gasteiger partial charge in [0.05, 0.1) is 10.6 Å². The Morgan fingerprint density at radius 3 is 2.50 bits per heavy atom. The Labute approximate surface area is 145 Å². The molecule has 0 aliphatic rings. The Balaban J connectivity index is 2.39. The Kier molecular flexibility index (Phi) is 4.24. The van der Waals surface area contributed by atoms with Gasteiger partial charge in [0.25, 0.3) is 0 Å². The SMILES string of the molecule is CCc1ccc2cc(-c3cc(Cl)ccc3S(C)(=O)=O)c(C=O)n2c1. The van der Waals surface area contributed by atoms with Gasteiger partial charge < -0.3 is 4.40 Å². The summed E-state index contributed by atoms with van der Waals surface area (Å²) >= 11 is 6.07. The first-order valence-electron chi connectivity index (χ1n) is 7.44. The Bertz CT molecular complexity index is 1050. The quantitative estimate of drug-likeness (QED) is 0.659. The lowest BCUT2D eigenvalue weighted by molar-refractivity contribution is 0.111. The molecule has 0 saturated heterocycles. The molecule has 0 saturated carbocycles. The normalized spacial score (nSPS) is 11.8. The predicted molar refractivity (Wildman–Crippen MR) is 95.7 cm³/mol. The number of carbonyl (C=O) groups excluding carboxylic acids is 1. The molecule has 0 N–H and O–H groups in total. The minimum absolute atomic E-state index is 0.154. The van der Waals surface area contributed by atoms with E-state index in [0.29, 0.717) is 21.8 Å². The molecule has 0 bridgehead atoms. The lowest BCUT2D eigenvalue weighted by Crippen LogP contribution is -2.01. The van der Waals surface area contributed by atoms with Crippen molar-refractivity contribution < 1.29 is 13.2 Å². The zero-order chi connectivity index (χ0) is 17.5. The monoisotopic (exact) mass is 361 g/mol. The van der Waals surface area contributed by atoms with Crippen LogP contribution in [0, 0.1) is 0 Å². The van der Waals surface area contributed by atoms with Crippen LogP contribution >= 0.6 is 11.6 Å². The number of rotatable bonds is 4. The molecule has 3 rings (SSSR count). The van der Waals surface area contributed by atoms with Crippen molar-refractivity contribution in [3.8, 4) is 11.1 Å². The largest absolute Gasteiger partial charge is 0.313 e. The van der Waals surface area contributed by atoms with Crippen molar-refractivity contribution in [1.82, 2.24) is 4.40 Å². The molecule has 0 spiro atoms. The molecule has 24 heavy (non-hydrogen) atoms. The van der Waals surface area contributed by atoms with E-state index in [9.17, 15) is 13.2 Å². The van der Waals surface area contributed by atoms with Gasteiger partial charge in [-0.1, -0.05) is 24.6 Å². The number of aryl methyl sites for hydroxylation is 1. The van der Waals surface area contributed by atoms with Crippen molar-refractivity contribution in [1.29, 1.82) is 0 Å². The number of pyridine rings is 1. The summed E-state index contributed by atoms with van der Waals surface area (Å²) in [5.74, 6) is 0. The van der Waals surface area contributed by atoms with Crippen LogP contribution in [0.25, 0.3) is 16.6 Å². The van der Waals surface area contributed by atoms with Crippen molar-refractivity contribution in [2.75, 3.05) is 6.26 Å². The first-order chi connectivity index (χ1) is 11.3. The Hall–Kier alpha value is -2.11. The van der Waals surface area contributed by atoms with E-state index in [-0.39, 0.29) is 4.90 Å². The molecular formula is C18H16ClNO3S. The van der Waals surface area contributed by atoms with Crippen molar-refractivity contribution >= 4 is 33.2 Å². The minimum Gasteiger partial charge on any atom is -0.313 e. The number of benzene rings is 1. The molecule has 2 heterocycles. The van der Waals surface area contributed by atoms with Gasteiger partial charge in [-0.25, -0.2) is 8.42 Å². The number of hydrogen-bond donors (Lipinski definition) is 0. The van der Waals surface area contributed by atoms with Crippen molar-refractivity contribution in [2.45, 2.75) is 18.2 Å². The summed E-state index contributed by atoms with van der Waals surface area (Å²) in [6.45, 7) is 2.03. The van der Waals surface area contributed by atoms with E-state index in [0.717, 1.165) is 30.0 Å². The van der Waals surface area contributed by atoms with Gasteiger partial charge in [-0.2, -0.15) is 0 Å². The van der Waals surface area contributed by atoms with Crippen molar-refractivity contribution in [2.24, 2.45) is 0 Å². The van der Waals surface area contributed by atoms with Crippen LogP contribution in [0.5, 0.6) is 0 Å². The topological polar surface area (TPSA) is 55.6 Å². The number of nitrogens with zero attached hydrogens (tertiary/aromatic N) is 1. The molecule has 0 unspecified atom stereocenters. The highest BCUT2D eigenvalue weighted by atomic mass is 35.5. The van der Waals surface area contributed by atoms with Crippen LogP contribution in [-0.4, -0.2) is 25.4 Å². The van der Waals surface area contributed by atoms with E-state index in [1.165, 1.54) is 12.1 Å². The summed E-state index contributed by atoms with van der Waals surface area (Å²) in [5, 5.41) is 0.416. The van der Waals surface area contributed by atoms with Crippen molar-refractivity contribution in [3.05, 3.63) is 58.9 Å². The number of fused-ring (bicyclic) bond motifs is 1. The lowest BCUT2D eigenvalue weighted by atomic mass is 10.1. The van der Waals surface area contributed by atoms with Gasteiger partial charge in [-0.05, 0) is 42.3 Å². The van der Waals surface area contributed by atoms with Crippen molar-refractivity contribution in [3.63, 3.8) is 0 Å². The molecule has 2 aromatic heterocycles. The molecule has 0 aliphatic carbocycles. The van der Waals surface area contributed by atoms with Crippen LogP contribution in [0.15, 0.2) is 47.5 Å².